The van der Waals surface area contributed by atoms with Crippen LogP contribution in [0.4, 0.5) is 0 Å². The van der Waals surface area contributed by atoms with Gasteiger partial charge in [0.15, 0.2) is 0 Å². The first-order chi connectivity index (χ1) is 9.13. The van der Waals surface area contributed by atoms with E-state index in [2.05, 4.69) is 24.4 Å². The number of carbonyl (C=O) groups is 1. The van der Waals surface area contributed by atoms with E-state index >= 15 is 0 Å². The minimum absolute atomic E-state index is 0.0513. The minimum atomic E-state index is -0.993. The van der Waals surface area contributed by atoms with Gasteiger partial charge in [-0.2, -0.15) is 0 Å². The van der Waals surface area contributed by atoms with E-state index in [9.17, 15) is 9.00 Å². The van der Waals surface area contributed by atoms with Crippen LogP contribution in [0.2, 0.25) is 0 Å². The van der Waals surface area contributed by atoms with Crippen LogP contribution in [0, 0.1) is 0 Å². The molecular weight excluding hydrogens is 262 g/mol. The smallest absolute Gasteiger partial charge is 0.323 e. The van der Waals surface area contributed by atoms with Crippen LogP contribution in [0.3, 0.4) is 0 Å². The summed E-state index contributed by atoms with van der Waals surface area (Å²) < 4.78 is 16.6. The lowest BCUT2D eigenvalue weighted by Gasteiger charge is -2.29. The third kappa shape index (κ3) is 3.42. The normalized spacial score (nSPS) is 26.9. The summed E-state index contributed by atoms with van der Waals surface area (Å²) in [5.74, 6) is 0.526. The summed E-state index contributed by atoms with van der Waals surface area (Å²) in [7, 11) is 0.360. The van der Waals surface area contributed by atoms with Crippen LogP contribution in [-0.4, -0.2) is 34.8 Å². The highest BCUT2D eigenvalue weighted by Gasteiger charge is 2.31. The van der Waals surface area contributed by atoms with Crippen molar-refractivity contribution in [2.75, 3.05) is 18.6 Å². The van der Waals surface area contributed by atoms with Gasteiger partial charge in [0, 0.05) is 28.3 Å². The number of methoxy groups -OCH3 is 1. The largest absolute Gasteiger partial charge is 0.468 e. The highest BCUT2D eigenvalue weighted by atomic mass is 32.2. The first kappa shape index (κ1) is 14.2. The lowest BCUT2D eigenvalue weighted by atomic mass is 10.0. The molecule has 1 fully saturated rings. The molecule has 1 aromatic rings. The minimum Gasteiger partial charge on any atom is -0.468 e. The molecule has 1 aromatic carbocycles. The van der Waals surface area contributed by atoms with Gasteiger partial charge in [-0.1, -0.05) is 31.2 Å². The second kappa shape index (κ2) is 6.30. The summed E-state index contributed by atoms with van der Waals surface area (Å²) in [5.41, 5.74) is 2.34. The number of carbonyl (C=O) groups excluding carboxylic acids is 1. The van der Waals surface area contributed by atoms with Gasteiger partial charge in [-0.15, -0.1) is 0 Å². The van der Waals surface area contributed by atoms with Gasteiger partial charge in [0.25, 0.3) is 0 Å². The molecule has 19 heavy (non-hydrogen) atoms. The van der Waals surface area contributed by atoms with Crippen molar-refractivity contribution in [3.8, 4) is 0 Å². The van der Waals surface area contributed by atoms with Crippen LogP contribution in [0.5, 0.6) is 0 Å². The van der Waals surface area contributed by atoms with Gasteiger partial charge >= 0.3 is 5.97 Å². The van der Waals surface area contributed by atoms with E-state index in [1.165, 1.54) is 12.7 Å². The van der Waals surface area contributed by atoms with Crippen molar-refractivity contribution in [1.29, 1.82) is 0 Å². The number of nitrogens with one attached hydrogen (secondary N) is 1. The van der Waals surface area contributed by atoms with E-state index in [0.29, 0.717) is 11.5 Å². The first-order valence-corrected chi connectivity index (χ1v) is 7.90. The van der Waals surface area contributed by atoms with Gasteiger partial charge in [-0.3, -0.25) is 14.3 Å². The van der Waals surface area contributed by atoms with Crippen molar-refractivity contribution in [1.82, 2.24) is 5.32 Å². The molecule has 1 aliphatic heterocycles. The van der Waals surface area contributed by atoms with E-state index in [4.69, 9.17) is 4.74 Å². The molecule has 1 heterocycles. The molecule has 2 rings (SSSR count). The van der Waals surface area contributed by atoms with Crippen molar-refractivity contribution in [3.05, 3.63) is 35.4 Å². The van der Waals surface area contributed by atoms with E-state index < -0.39 is 16.8 Å². The van der Waals surface area contributed by atoms with Crippen molar-refractivity contribution >= 4 is 16.8 Å². The van der Waals surface area contributed by atoms with Crippen molar-refractivity contribution in [2.45, 2.75) is 25.4 Å². The second-order valence-electron chi connectivity index (χ2n) is 4.66. The van der Waals surface area contributed by atoms with E-state index in [1.54, 1.807) is 0 Å². The molecule has 0 aliphatic carbocycles. The molecule has 0 saturated carbocycles. The fourth-order valence-corrected chi connectivity index (χ4v) is 3.64. The lowest BCUT2D eigenvalue weighted by molar-refractivity contribution is -0.142. The Labute approximate surface area is 116 Å². The van der Waals surface area contributed by atoms with Crippen LogP contribution in [0.1, 0.15) is 24.1 Å². The molecule has 3 atom stereocenters. The topological polar surface area (TPSA) is 55.4 Å². The van der Waals surface area contributed by atoms with Crippen molar-refractivity contribution < 1.29 is 13.7 Å². The molecule has 3 unspecified atom stereocenters. The van der Waals surface area contributed by atoms with Gasteiger partial charge in [0.05, 0.1) is 7.11 Å². The predicted molar refractivity (Wildman–Crippen MR) is 75.4 cm³/mol. The third-order valence-corrected chi connectivity index (χ3v) is 4.79. The highest BCUT2D eigenvalue weighted by molar-refractivity contribution is 7.85. The summed E-state index contributed by atoms with van der Waals surface area (Å²) in [5, 5.41) is 3.22. The number of hydrogen-bond donors (Lipinski definition) is 1. The molecule has 0 bridgehead atoms. The maximum atomic E-state index is 11.9. The zero-order valence-corrected chi connectivity index (χ0v) is 12.0. The zero-order valence-electron chi connectivity index (χ0n) is 11.2. The number of hydrogen-bond acceptors (Lipinski definition) is 4. The Morgan fingerprint density at radius 1 is 1.37 bits per heavy atom. The Bertz CT molecular complexity index is 472. The molecule has 0 spiro atoms. The molecule has 1 saturated heterocycles. The average molecular weight is 281 g/mol. The fraction of sp³-hybridized carbons (Fsp3) is 0.500. The lowest BCUT2D eigenvalue weighted by Crippen LogP contribution is -2.49. The Kier molecular flexibility index (Phi) is 4.71. The maximum Gasteiger partial charge on any atom is 0.323 e. The van der Waals surface area contributed by atoms with Gasteiger partial charge in [0.1, 0.15) is 6.04 Å². The Balaban J connectivity index is 2.14. The molecular formula is C14H19NO3S. The van der Waals surface area contributed by atoms with Crippen LogP contribution >= 0.6 is 0 Å². The summed E-state index contributed by atoms with van der Waals surface area (Å²) in [6.45, 7) is 2.11. The molecule has 1 N–H and O–H groups in total. The highest BCUT2D eigenvalue weighted by Crippen LogP contribution is 2.20. The number of esters is 1. The quantitative estimate of drug-likeness (QED) is 0.845. The SMILES string of the molecule is CCc1ccc(C2CS(=O)CC(C(=O)OC)N2)cc1. The van der Waals surface area contributed by atoms with E-state index in [0.717, 1.165) is 12.0 Å². The average Bonchev–Trinajstić information content (AvgIpc) is 2.45. The summed E-state index contributed by atoms with van der Waals surface area (Å²) in [6, 6.07) is 7.68. The van der Waals surface area contributed by atoms with Gasteiger partial charge in [-0.05, 0) is 17.5 Å². The molecule has 5 heteroatoms. The number of rotatable bonds is 3. The molecule has 0 aromatic heterocycles. The molecule has 0 radical (unpaired) electrons. The van der Waals surface area contributed by atoms with Gasteiger partial charge in [-0.25, -0.2) is 0 Å². The first-order valence-electron chi connectivity index (χ1n) is 6.41. The Hall–Kier alpha value is -1.20. The van der Waals surface area contributed by atoms with E-state index in [1.807, 2.05) is 12.1 Å². The molecule has 104 valence electrons. The van der Waals surface area contributed by atoms with Crippen LogP contribution in [0.25, 0.3) is 0 Å². The van der Waals surface area contributed by atoms with E-state index in [-0.39, 0.29) is 12.0 Å². The summed E-state index contributed by atoms with van der Waals surface area (Å²) in [4.78, 5) is 11.6. The Morgan fingerprint density at radius 3 is 2.63 bits per heavy atom. The van der Waals surface area contributed by atoms with Crippen LogP contribution in [0.15, 0.2) is 24.3 Å². The fourth-order valence-electron chi connectivity index (χ4n) is 2.24. The standard InChI is InChI=1S/C14H19NO3S/c1-3-10-4-6-11(7-5-10)12-8-19(17)9-13(15-12)14(16)18-2/h4-7,12-13,15H,3,8-9H2,1-2H3. The molecule has 1 aliphatic rings. The molecule has 4 nitrogen and oxygen atoms in total. The monoisotopic (exact) mass is 281 g/mol. The van der Waals surface area contributed by atoms with Gasteiger partial charge in [0.2, 0.25) is 0 Å². The van der Waals surface area contributed by atoms with Crippen LogP contribution < -0.4 is 5.32 Å². The third-order valence-electron chi connectivity index (χ3n) is 3.38. The number of benzene rings is 1. The summed E-state index contributed by atoms with van der Waals surface area (Å²) in [6.07, 6.45) is 0.995. The number of aryl methyl sites for hydroxylation is 1. The number of ether oxygens (including phenoxy) is 1. The Morgan fingerprint density at radius 2 is 2.05 bits per heavy atom. The second-order valence-corrected chi connectivity index (χ2v) is 6.21. The van der Waals surface area contributed by atoms with Gasteiger partial charge < -0.3 is 4.74 Å². The van der Waals surface area contributed by atoms with Crippen molar-refractivity contribution in [2.24, 2.45) is 0 Å². The zero-order chi connectivity index (χ0) is 13.8. The molecule has 0 amide bonds. The summed E-state index contributed by atoms with van der Waals surface area (Å²) >= 11 is 0. The predicted octanol–water partition coefficient (Wildman–Crippen LogP) is 1.18. The van der Waals surface area contributed by atoms with Crippen LogP contribution in [-0.2, 0) is 26.8 Å². The van der Waals surface area contributed by atoms with Crippen molar-refractivity contribution in [3.63, 3.8) is 0 Å². The maximum absolute atomic E-state index is 11.9.